The van der Waals surface area contributed by atoms with Crippen molar-refractivity contribution >= 4 is 15.9 Å². The van der Waals surface area contributed by atoms with Crippen molar-refractivity contribution in [2.24, 2.45) is 5.92 Å². The Kier molecular flexibility index (Phi) is 3.91. The van der Waals surface area contributed by atoms with Gasteiger partial charge in [0, 0.05) is 45.5 Å². The molecule has 0 unspecified atom stereocenters. The van der Waals surface area contributed by atoms with Gasteiger partial charge in [-0.25, -0.2) is 23.2 Å². The number of urea groups is 1. The van der Waals surface area contributed by atoms with Crippen LogP contribution in [0.1, 0.15) is 6.42 Å². The minimum absolute atomic E-state index is 0.140. The van der Waals surface area contributed by atoms with Crippen LogP contribution in [0.15, 0.2) is 18.5 Å². The number of likely N-dealkylation sites (tertiary alicyclic amines) is 1. The Morgan fingerprint density at radius 3 is 2.65 bits per heavy atom. The molecule has 2 aliphatic heterocycles. The van der Waals surface area contributed by atoms with Crippen molar-refractivity contribution < 1.29 is 17.9 Å². The molecule has 2 fully saturated rings. The van der Waals surface area contributed by atoms with Crippen LogP contribution in [-0.2, 0) is 9.84 Å². The van der Waals surface area contributed by atoms with Crippen LogP contribution >= 0.6 is 0 Å². The molecule has 2 amide bonds. The van der Waals surface area contributed by atoms with Gasteiger partial charge in [-0.05, 0) is 12.5 Å². The van der Waals surface area contributed by atoms with Crippen LogP contribution in [0.2, 0.25) is 0 Å². The molecule has 3 heterocycles. The monoisotopic (exact) mass is 340 g/mol. The molecule has 3 rings (SSSR count). The second kappa shape index (κ2) is 5.63. The first-order valence-electron chi connectivity index (χ1n) is 7.44. The van der Waals surface area contributed by atoms with Gasteiger partial charge in [-0.2, -0.15) is 0 Å². The van der Waals surface area contributed by atoms with E-state index in [1.165, 1.54) is 4.90 Å². The summed E-state index contributed by atoms with van der Waals surface area (Å²) < 4.78 is 29.6. The zero-order valence-electron chi connectivity index (χ0n) is 13.2. The lowest BCUT2D eigenvalue weighted by Crippen LogP contribution is -2.70. The van der Waals surface area contributed by atoms with Gasteiger partial charge in [-0.15, -0.1) is 0 Å². The summed E-state index contributed by atoms with van der Waals surface area (Å²) in [5.74, 6) is -0.0109. The van der Waals surface area contributed by atoms with Gasteiger partial charge in [0.25, 0.3) is 0 Å². The van der Waals surface area contributed by atoms with Crippen molar-refractivity contribution in [2.45, 2.75) is 11.2 Å². The molecule has 0 aliphatic carbocycles. The zero-order valence-corrected chi connectivity index (χ0v) is 14.0. The number of nitrogens with zero attached hydrogens (tertiary/aromatic N) is 4. The highest BCUT2D eigenvalue weighted by atomic mass is 32.2. The predicted octanol–water partition coefficient (Wildman–Crippen LogP) is 0.0261. The van der Waals surface area contributed by atoms with Crippen molar-refractivity contribution in [3.05, 3.63) is 18.5 Å². The predicted molar refractivity (Wildman–Crippen MR) is 82.8 cm³/mol. The minimum atomic E-state index is -3.23. The minimum Gasteiger partial charge on any atom is -0.463 e. The molecular formula is C14H20N4O4S. The molecule has 2 saturated heterocycles. The molecule has 0 N–H and O–H groups in total. The fourth-order valence-corrected chi connectivity index (χ4v) is 5.66. The van der Waals surface area contributed by atoms with Gasteiger partial charge in [0.05, 0.1) is 12.4 Å². The summed E-state index contributed by atoms with van der Waals surface area (Å²) in [5.41, 5.74) is 0. The molecule has 9 heteroatoms. The van der Waals surface area contributed by atoms with Crippen LogP contribution < -0.4 is 4.74 Å². The van der Waals surface area contributed by atoms with E-state index >= 15 is 0 Å². The molecule has 0 aromatic carbocycles. The van der Waals surface area contributed by atoms with E-state index in [0.29, 0.717) is 6.42 Å². The molecular weight excluding hydrogens is 320 g/mol. The van der Waals surface area contributed by atoms with Gasteiger partial charge in [0.2, 0.25) is 0 Å². The Labute approximate surface area is 135 Å². The molecule has 2 aliphatic rings. The molecule has 1 aromatic rings. The summed E-state index contributed by atoms with van der Waals surface area (Å²) in [6.45, 7) is 0.708. The van der Waals surface area contributed by atoms with E-state index in [-0.39, 0.29) is 43.4 Å². The van der Waals surface area contributed by atoms with Crippen LogP contribution in [0.25, 0.3) is 0 Å². The van der Waals surface area contributed by atoms with Gasteiger partial charge in [-0.3, -0.25) is 0 Å². The van der Waals surface area contributed by atoms with E-state index in [1.807, 2.05) is 0 Å². The smallest absolute Gasteiger partial charge is 0.319 e. The Morgan fingerprint density at radius 1 is 1.39 bits per heavy atom. The first-order valence-corrected chi connectivity index (χ1v) is 9.09. The maximum Gasteiger partial charge on any atom is 0.319 e. The average molecular weight is 340 g/mol. The molecule has 1 atom stereocenters. The van der Waals surface area contributed by atoms with E-state index in [0.717, 1.165) is 0 Å². The lowest BCUT2D eigenvalue weighted by Gasteiger charge is -2.50. The summed E-state index contributed by atoms with van der Waals surface area (Å²) >= 11 is 0. The molecule has 0 bridgehead atoms. The first kappa shape index (κ1) is 16.0. The van der Waals surface area contributed by atoms with Gasteiger partial charge >= 0.3 is 12.0 Å². The Morgan fingerprint density at radius 2 is 2.04 bits per heavy atom. The van der Waals surface area contributed by atoms with Crippen LogP contribution in [0.3, 0.4) is 0 Å². The molecule has 8 nitrogen and oxygen atoms in total. The third kappa shape index (κ3) is 2.62. The zero-order chi connectivity index (χ0) is 16.7. The van der Waals surface area contributed by atoms with Gasteiger partial charge in [0.15, 0.2) is 9.84 Å². The number of ether oxygens (including phenoxy) is 1. The van der Waals surface area contributed by atoms with E-state index in [4.69, 9.17) is 4.74 Å². The summed E-state index contributed by atoms with van der Waals surface area (Å²) in [6.07, 6.45) is 3.69. The number of amides is 2. The number of aromatic nitrogens is 2. The third-order valence-corrected chi connectivity index (χ3v) is 7.23. The van der Waals surface area contributed by atoms with Gasteiger partial charge in [-0.1, -0.05) is 0 Å². The highest BCUT2D eigenvalue weighted by Crippen LogP contribution is 2.45. The van der Waals surface area contributed by atoms with Crippen LogP contribution in [0.5, 0.6) is 6.01 Å². The topological polar surface area (TPSA) is 92.7 Å². The normalized spacial score (nSPS) is 24.3. The number of carbonyl (C=O) groups is 1. The highest BCUT2D eigenvalue weighted by molar-refractivity contribution is 7.93. The SMILES string of the molecule is CN(C)C(=O)N1CC2(C1)[C@@H](COc1ncccn1)CCS2(=O)=O. The number of rotatable bonds is 3. The van der Waals surface area contributed by atoms with Crippen LogP contribution in [-0.4, -0.2) is 78.5 Å². The van der Waals surface area contributed by atoms with E-state index in [9.17, 15) is 13.2 Å². The number of hydrogen-bond acceptors (Lipinski definition) is 6. The van der Waals surface area contributed by atoms with Crippen LogP contribution in [0, 0.1) is 5.92 Å². The maximum absolute atomic E-state index is 12.5. The maximum atomic E-state index is 12.5. The van der Waals surface area contributed by atoms with Crippen molar-refractivity contribution in [1.82, 2.24) is 19.8 Å². The highest BCUT2D eigenvalue weighted by Gasteiger charge is 2.62. The van der Waals surface area contributed by atoms with Crippen molar-refractivity contribution in [1.29, 1.82) is 0 Å². The molecule has 0 saturated carbocycles. The summed E-state index contributed by atoms with van der Waals surface area (Å²) in [5, 5.41) is 0. The number of sulfone groups is 1. The third-order valence-electron chi connectivity index (χ3n) is 4.62. The van der Waals surface area contributed by atoms with E-state index in [1.54, 1.807) is 37.5 Å². The van der Waals surface area contributed by atoms with Gasteiger partial charge < -0.3 is 14.5 Å². The fourth-order valence-electron chi connectivity index (χ4n) is 3.26. The second-order valence-corrected chi connectivity index (χ2v) is 8.70. The van der Waals surface area contributed by atoms with Crippen molar-refractivity contribution in [3.63, 3.8) is 0 Å². The first-order chi connectivity index (χ1) is 10.9. The summed E-state index contributed by atoms with van der Waals surface area (Å²) in [7, 11) is 0.0843. The van der Waals surface area contributed by atoms with Gasteiger partial charge in [0.1, 0.15) is 4.75 Å². The van der Waals surface area contributed by atoms with Crippen molar-refractivity contribution in [3.8, 4) is 6.01 Å². The lowest BCUT2D eigenvalue weighted by molar-refractivity contribution is 0.0726. The molecule has 0 radical (unpaired) electrons. The molecule has 23 heavy (non-hydrogen) atoms. The largest absolute Gasteiger partial charge is 0.463 e. The lowest BCUT2D eigenvalue weighted by atomic mass is 9.84. The fraction of sp³-hybridized carbons (Fsp3) is 0.643. The Balaban J connectivity index is 1.70. The van der Waals surface area contributed by atoms with Crippen LogP contribution in [0.4, 0.5) is 4.79 Å². The molecule has 1 aromatic heterocycles. The summed E-state index contributed by atoms with van der Waals surface area (Å²) in [4.78, 5) is 22.9. The number of hydrogen-bond donors (Lipinski definition) is 0. The van der Waals surface area contributed by atoms with E-state index in [2.05, 4.69) is 9.97 Å². The molecule has 126 valence electrons. The molecule has 1 spiro atoms. The van der Waals surface area contributed by atoms with Crippen molar-refractivity contribution in [2.75, 3.05) is 39.5 Å². The Bertz CT molecular complexity index is 686. The average Bonchev–Trinajstić information content (AvgIpc) is 2.74. The number of carbonyl (C=O) groups excluding carboxylic acids is 1. The summed E-state index contributed by atoms with van der Waals surface area (Å²) in [6, 6.07) is 1.77. The quantitative estimate of drug-likeness (QED) is 0.770. The Hall–Kier alpha value is -1.90. The standard InChI is InChI=1S/C14H20N4O4S/c1-17(2)13(19)18-9-14(10-18)11(4-7-23(14,20)21)8-22-12-15-5-3-6-16-12/h3,5-6,11H,4,7-10H2,1-2H3/t11-/m1/s1. The second-order valence-electron chi connectivity index (χ2n) is 6.24. The van der Waals surface area contributed by atoms with E-state index < -0.39 is 14.6 Å².